The van der Waals surface area contributed by atoms with Crippen molar-refractivity contribution < 1.29 is 14.2 Å². The molecule has 5 heteroatoms. The second-order valence-corrected chi connectivity index (χ2v) is 7.20. The third kappa shape index (κ3) is 4.68. The molecule has 0 aromatic heterocycles. The van der Waals surface area contributed by atoms with Crippen LogP contribution in [0.4, 0.5) is 10.1 Å². The van der Waals surface area contributed by atoms with Crippen LogP contribution in [-0.2, 0) is 4.74 Å². The Balaban J connectivity index is 1.37. The summed E-state index contributed by atoms with van der Waals surface area (Å²) in [4.78, 5) is 4.55. The molecule has 0 spiro atoms. The molecule has 1 heterocycles. The molecule has 134 valence electrons. The predicted molar refractivity (Wildman–Crippen MR) is 93.8 cm³/mol. The van der Waals surface area contributed by atoms with Gasteiger partial charge in [-0.25, -0.2) is 4.39 Å². The summed E-state index contributed by atoms with van der Waals surface area (Å²) >= 11 is 0. The van der Waals surface area contributed by atoms with Crippen LogP contribution in [0.5, 0.6) is 0 Å². The van der Waals surface area contributed by atoms with Crippen molar-refractivity contribution in [3.8, 4) is 0 Å². The SMILES string of the molecule is C[C@H]1CCC[C@H]1OC[C@H](O)CN1CCN(c2ccc(F)cc2)CC1. The molecule has 2 aliphatic rings. The summed E-state index contributed by atoms with van der Waals surface area (Å²) in [6.07, 6.45) is 3.52. The maximum absolute atomic E-state index is 13.0. The summed E-state index contributed by atoms with van der Waals surface area (Å²) in [5.41, 5.74) is 1.06. The van der Waals surface area contributed by atoms with Gasteiger partial charge in [-0.15, -0.1) is 0 Å². The Bertz CT molecular complexity index is 503. The van der Waals surface area contributed by atoms with Gasteiger partial charge in [0.25, 0.3) is 0 Å². The Morgan fingerprint density at radius 3 is 2.50 bits per heavy atom. The van der Waals surface area contributed by atoms with Gasteiger partial charge in [0.1, 0.15) is 5.82 Å². The third-order valence-corrected chi connectivity index (χ3v) is 5.32. The summed E-state index contributed by atoms with van der Waals surface area (Å²) in [5, 5.41) is 10.2. The van der Waals surface area contributed by atoms with Gasteiger partial charge >= 0.3 is 0 Å². The lowest BCUT2D eigenvalue weighted by Gasteiger charge is -2.37. The second kappa shape index (κ2) is 8.28. The number of nitrogens with zero attached hydrogens (tertiary/aromatic N) is 2. The van der Waals surface area contributed by atoms with Crippen LogP contribution in [0.2, 0.25) is 0 Å². The lowest BCUT2D eigenvalue weighted by Crippen LogP contribution is -2.49. The van der Waals surface area contributed by atoms with Crippen LogP contribution in [0.15, 0.2) is 24.3 Å². The smallest absolute Gasteiger partial charge is 0.123 e. The first-order valence-corrected chi connectivity index (χ1v) is 9.14. The topological polar surface area (TPSA) is 35.9 Å². The fourth-order valence-corrected chi connectivity index (χ4v) is 3.78. The number of ether oxygens (including phenoxy) is 1. The van der Waals surface area contributed by atoms with E-state index < -0.39 is 6.10 Å². The van der Waals surface area contributed by atoms with Gasteiger partial charge in [0, 0.05) is 38.4 Å². The van der Waals surface area contributed by atoms with Gasteiger partial charge in [0.15, 0.2) is 0 Å². The summed E-state index contributed by atoms with van der Waals surface area (Å²) < 4.78 is 18.9. The molecule has 3 atom stereocenters. The second-order valence-electron chi connectivity index (χ2n) is 7.20. The first-order valence-electron chi connectivity index (χ1n) is 9.14. The van der Waals surface area contributed by atoms with Gasteiger partial charge in [0.05, 0.1) is 18.8 Å². The summed E-state index contributed by atoms with van der Waals surface area (Å²) in [7, 11) is 0. The third-order valence-electron chi connectivity index (χ3n) is 5.32. The molecule has 1 aliphatic carbocycles. The molecule has 2 fully saturated rings. The van der Waals surface area contributed by atoms with Gasteiger partial charge in [-0.1, -0.05) is 13.3 Å². The number of halogens is 1. The molecule has 1 saturated carbocycles. The van der Waals surface area contributed by atoms with E-state index in [1.807, 2.05) is 12.1 Å². The van der Waals surface area contributed by atoms with Gasteiger partial charge < -0.3 is 14.7 Å². The van der Waals surface area contributed by atoms with E-state index in [0.29, 0.717) is 25.2 Å². The van der Waals surface area contributed by atoms with E-state index in [4.69, 9.17) is 4.74 Å². The average Bonchev–Trinajstić information content (AvgIpc) is 3.00. The number of piperazine rings is 1. The molecule has 0 bridgehead atoms. The highest BCUT2D eigenvalue weighted by Gasteiger charge is 2.25. The van der Waals surface area contributed by atoms with Gasteiger partial charge in [-0.2, -0.15) is 0 Å². The van der Waals surface area contributed by atoms with Crippen molar-refractivity contribution in [2.24, 2.45) is 5.92 Å². The molecule has 0 radical (unpaired) electrons. The van der Waals surface area contributed by atoms with Crippen LogP contribution in [0.1, 0.15) is 26.2 Å². The van der Waals surface area contributed by atoms with E-state index in [1.54, 1.807) is 0 Å². The number of β-amino-alcohol motifs (C(OH)–C–C–N with tert-alkyl or cyclic N) is 1. The van der Waals surface area contributed by atoms with Gasteiger partial charge in [-0.05, 0) is 43.0 Å². The number of rotatable bonds is 6. The zero-order chi connectivity index (χ0) is 16.9. The van der Waals surface area contributed by atoms with E-state index in [2.05, 4.69) is 16.7 Å². The highest BCUT2D eigenvalue weighted by atomic mass is 19.1. The largest absolute Gasteiger partial charge is 0.389 e. The standard InChI is InChI=1S/C19H29FN2O2/c1-15-3-2-4-19(15)24-14-18(23)13-21-9-11-22(12-10-21)17-7-5-16(20)6-8-17/h5-8,15,18-19,23H,2-4,9-14H2,1H3/t15-,18+,19+/m0/s1. The molecule has 4 nitrogen and oxygen atoms in total. The van der Waals surface area contributed by atoms with Crippen LogP contribution in [0.3, 0.4) is 0 Å². The summed E-state index contributed by atoms with van der Waals surface area (Å²) in [6.45, 7) is 6.96. The van der Waals surface area contributed by atoms with Gasteiger partial charge in [0.2, 0.25) is 0 Å². The van der Waals surface area contributed by atoms with E-state index in [-0.39, 0.29) is 5.82 Å². The van der Waals surface area contributed by atoms with Crippen LogP contribution < -0.4 is 4.90 Å². The minimum Gasteiger partial charge on any atom is -0.389 e. The molecule has 1 aromatic carbocycles. The lowest BCUT2D eigenvalue weighted by atomic mass is 10.1. The summed E-state index contributed by atoms with van der Waals surface area (Å²) in [5.74, 6) is 0.425. The van der Waals surface area contributed by atoms with Crippen molar-refractivity contribution in [1.82, 2.24) is 4.90 Å². The molecule has 24 heavy (non-hydrogen) atoms. The van der Waals surface area contributed by atoms with Crippen molar-refractivity contribution in [3.63, 3.8) is 0 Å². The molecule has 3 rings (SSSR count). The molecular formula is C19H29FN2O2. The highest BCUT2D eigenvalue weighted by Crippen LogP contribution is 2.27. The van der Waals surface area contributed by atoms with E-state index in [9.17, 15) is 9.50 Å². The first-order chi connectivity index (χ1) is 11.6. The molecule has 0 amide bonds. The number of anilines is 1. The average molecular weight is 336 g/mol. The fraction of sp³-hybridized carbons (Fsp3) is 0.684. The number of benzene rings is 1. The van der Waals surface area contributed by atoms with Crippen LogP contribution in [0, 0.1) is 11.7 Å². The monoisotopic (exact) mass is 336 g/mol. The quantitative estimate of drug-likeness (QED) is 0.866. The maximum Gasteiger partial charge on any atom is 0.123 e. The number of aliphatic hydroxyl groups is 1. The Morgan fingerprint density at radius 1 is 1.17 bits per heavy atom. The van der Waals surface area contributed by atoms with Crippen LogP contribution >= 0.6 is 0 Å². The molecule has 1 saturated heterocycles. The maximum atomic E-state index is 13.0. The Kier molecular flexibility index (Phi) is 6.09. The highest BCUT2D eigenvalue weighted by molar-refractivity contribution is 5.46. The van der Waals surface area contributed by atoms with E-state index in [1.165, 1.54) is 25.0 Å². The van der Waals surface area contributed by atoms with Crippen LogP contribution in [-0.4, -0.2) is 61.5 Å². The zero-order valence-corrected chi connectivity index (χ0v) is 14.5. The number of hydrogen-bond donors (Lipinski definition) is 1. The van der Waals surface area contributed by atoms with Crippen molar-refractivity contribution in [1.29, 1.82) is 0 Å². The molecular weight excluding hydrogens is 307 g/mol. The minimum atomic E-state index is -0.421. The first kappa shape index (κ1) is 17.6. The molecule has 1 aliphatic heterocycles. The minimum absolute atomic E-state index is 0.197. The van der Waals surface area contributed by atoms with Crippen molar-refractivity contribution in [2.75, 3.05) is 44.2 Å². The Labute approximate surface area is 144 Å². The number of hydrogen-bond acceptors (Lipinski definition) is 4. The van der Waals surface area contributed by atoms with E-state index in [0.717, 1.165) is 38.3 Å². The lowest BCUT2D eigenvalue weighted by molar-refractivity contribution is -0.0321. The number of aliphatic hydroxyl groups excluding tert-OH is 1. The molecule has 1 N–H and O–H groups in total. The Morgan fingerprint density at radius 2 is 1.88 bits per heavy atom. The molecule has 0 unspecified atom stereocenters. The van der Waals surface area contributed by atoms with Crippen LogP contribution in [0.25, 0.3) is 0 Å². The Hall–Kier alpha value is -1.17. The fourth-order valence-electron chi connectivity index (χ4n) is 3.78. The normalized spacial score (nSPS) is 26.7. The molecule has 1 aromatic rings. The predicted octanol–water partition coefficient (Wildman–Crippen LogP) is 2.51. The van der Waals surface area contributed by atoms with Crippen molar-refractivity contribution >= 4 is 5.69 Å². The summed E-state index contributed by atoms with van der Waals surface area (Å²) in [6, 6.07) is 6.67. The zero-order valence-electron chi connectivity index (χ0n) is 14.5. The van der Waals surface area contributed by atoms with E-state index >= 15 is 0 Å². The van der Waals surface area contributed by atoms with Crippen molar-refractivity contribution in [3.05, 3.63) is 30.1 Å². The van der Waals surface area contributed by atoms with Gasteiger partial charge in [-0.3, -0.25) is 4.90 Å². The van der Waals surface area contributed by atoms with Crippen molar-refractivity contribution in [2.45, 2.75) is 38.4 Å².